The standard InChI is InChI=1S/C20H23N5OS/c1-4-25-19(16-8-5-7-14(2)11-16)23-24-20(25)27-13-18(26)22-15(3)17-9-6-10-21-12-17/h5-12,15H,4,13H2,1-3H3,(H,22,26). The molecule has 0 bridgehead atoms. The second-order valence-electron chi connectivity index (χ2n) is 6.28. The highest BCUT2D eigenvalue weighted by atomic mass is 32.2. The lowest BCUT2D eigenvalue weighted by Gasteiger charge is -2.13. The van der Waals surface area contributed by atoms with Crippen molar-refractivity contribution in [3.8, 4) is 11.4 Å². The van der Waals surface area contributed by atoms with E-state index in [0.717, 1.165) is 28.7 Å². The fourth-order valence-corrected chi connectivity index (χ4v) is 3.62. The second-order valence-corrected chi connectivity index (χ2v) is 7.23. The first-order valence-electron chi connectivity index (χ1n) is 8.90. The van der Waals surface area contributed by atoms with E-state index in [1.165, 1.54) is 17.3 Å². The highest BCUT2D eigenvalue weighted by Crippen LogP contribution is 2.24. The molecule has 27 heavy (non-hydrogen) atoms. The Morgan fingerprint density at radius 1 is 1.26 bits per heavy atom. The van der Waals surface area contributed by atoms with E-state index < -0.39 is 0 Å². The molecule has 0 radical (unpaired) electrons. The topological polar surface area (TPSA) is 72.7 Å². The lowest BCUT2D eigenvalue weighted by Crippen LogP contribution is -2.28. The number of carbonyl (C=O) groups is 1. The van der Waals surface area contributed by atoms with Crippen molar-refractivity contribution in [3.63, 3.8) is 0 Å². The van der Waals surface area contributed by atoms with Gasteiger partial charge in [-0.25, -0.2) is 0 Å². The number of aromatic nitrogens is 4. The molecule has 0 saturated carbocycles. The summed E-state index contributed by atoms with van der Waals surface area (Å²) in [5.74, 6) is 1.07. The van der Waals surface area contributed by atoms with Gasteiger partial charge in [-0.2, -0.15) is 0 Å². The van der Waals surface area contributed by atoms with Crippen LogP contribution < -0.4 is 5.32 Å². The molecule has 2 aromatic heterocycles. The fourth-order valence-electron chi connectivity index (χ4n) is 2.81. The summed E-state index contributed by atoms with van der Waals surface area (Å²) in [5, 5.41) is 12.4. The van der Waals surface area contributed by atoms with E-state index in [0.29, 0.717) is 0 Å². The van der Waals surface area contributed by atoms with Gasteiger partial charge in [-0.1, -0.05) is 41.6 Å². The average Bonchev–Trinajstić information content (AvgIpc) is 3.10. The van der Waals surface area contributed by atoms with Crippen LogP contribution in [0.5, 0.6) is 0 Å². The quantitative estimate of drug-likeness (QED) is 0.633. The molecule has 0 spiro atoms. The van der Waals surface area contributed by atoms with Gasteiger partial charge in [0.05, 0.1) is 11.8 Å². The number of benzene rings is 1. The van der Waals surface area contributed by atoms with Gasteiger partial charge in [0.2, 0.25) is 5.91 Å². The molecular weight excluding hydrogens is 358 g/mol. The molecule has 1 aromatic carbocycles. The number of pyridine rings is 1. The maximum atomic E-state index is 12.3. The first kappa shape index (κ1) is 19.1. The molecule has 0 fully saturated rings. The Morgan fingerprint density at radius 3 is 2.81 bits per heavy atom. The number of hydrogen-bond donors (Lipinski definition) is 1. The molecule has 2 heterocycles. The van der Waals surface area contributed by atoms with Crippen LogP contribution in [-0.4, -0.2) is 31.4 Å². The number of rotatable bonds is 7. The number of amides is 1. The van der Waals surface area contributed by atoms with Gasteiger partial charge in [-0.3, -0.25) is 9.78 Å². The minimum atomic E-state index is -0.0845. The van der Waals surface area contributed by atoms with Crippen molar-refractivity contribution in [2.75, 3.05) is 5.75 Å². The van der Waals surface area contributed by atoms with Crippen LogP contribution in [0.1, 0.15) is 31.0 Å². The maximum Gasteiger partial charge on any atom is 0.230 e. The van der Waals surface area contributed by atoms with Gasteiger partial charge in [0, 0.05) is 24.5 Å². The Bertz CT molecular complexity index is 910. The molecular formula is C20H23N5OS. The highest BCUT2D eigenvalue weighted by Gasteiger charge is 2.16. The number of nitrogens with one attached hydrogen (secondary N) is 1. The SMILES string of the molecule is CCn1c(SCC(=O)NC(C)c2cccnc2)nnc1-c1cccc(C)c1. The third-order valence-corrected chi connectivity index (χ3v) is 5.17. The Labute approximate surface area is 163 Å². The van der Waals surface area contributed by atoms with Crippen LogP contribution in [0.15, 0.2) is 53.9 Å². The Hall–Kier alpha value is -2.67. The zero-order valence-electron chi connectivity index (χ0n) is 15.7. The Kier molecular flexibility index (Phi) is 6.24. The molecule has 0 aliphatic rings. The zero-order chi connectivity index (χ0) is 19.2. The van der Waals surface area contributed by atoms with Gasteiger partial charge in [-0.15, -0.1) is 10.2 Å². The minimum absolute atomic E-state index is 0.0425. The van der Waals surface area contributed by atoms with Crippen molar-refractivity contribution in [1.82, 2.24) is 25.1 Å². The van der Waals surface area contributed by atoms with E-state index in [1.54, 1.807) is 12.4 Å². The summed E-state index contributed by atoms with van der Waals surface area (Å²) >= 11 is 1.40. The lowest BCUT2D eigenvalue weighted by atomic mass is 10.1. The summed E-state index contributed by atoms with van der Waals surface area (Å²) in [6.07, 6.45) is 3.48. The summed E-state index contributed by atoms with van der Waals surface area (Å²) in [4.78, 5) is 16.4. The Balaban J connectivity index is 1.65. The monoisotopic (exact) mass is 381 g/mol. The van der Waals surface area contributed by atoms with Gasteiger partial charge in [0.1, 0.15) is 0 Å². The average molecular weight is 382 g/mol. The van der Waals surface area contributed by atoms with Crippen molar-refractivity contribution in [2.45, 2.75) is 38.5 Å². The van der Waals surface area contributed by atoms with Gasteiger partial charge in [0.15, 0.2) is 11.0 Å². The van der Waals surface area contributed by atoms with Crippen LogP contribution in [0.2, 0.25) is 0 Å². The molecule has 140 valence electrons. The van der Waals surface area contributed by atoms with Crippen LogP contribution in [-0.2, 0) is 11.3 Å². The van der Waals surface area contributed by atoms with Crippen molar-refractivity contribution < 1.29 is 4.79 Å². The summed E-state index contributed by atoms with van der Waals surface area (Å²) in [7, 11) is 0. The van der Waals surface area contributed by atoms with E-state index in [4.69, 9.17) is 0 Å². The minimum Gasteiger partial charge on any atom is -0.349 e. The van der Waals surface area contributed by atoms with Crippen LogP contribution >= 0.6 is 11.8 Å². The molecule has 1 unspecified atom stereocenters. The summed E-state index contributed by atoms with van der Waals surface area (Å²) in [6, 6.07) is 11.9. The molecule has 6 nitrogen and oxygen atoms in total. The van der Waals surface area contributed by atoms with Crippen molar-refractivity contribution in [3.05, 3.63) is 59.9 Å². The molecule has 1 atom stereocenters. The predicted octanol–water partition coefficient (Wildman–Crippen LogP) is 3.64. The molecule has 0 aliphatic heterocycles. The van der Waals surface area contributed by atoms with Crippen LogP contribution in [0.25, 0.3) is 11.4 Å². The zero-order valence-corrected chi connectivity index (χ0v) is 16.5. The van der Waals surface area contributed by atoms with E-state index in [2.05, 4.69) is 46.5 Å². The lowest BCUT2D eigenvalue weighted by molar-refractivity contribution is -0.119. The summed E-state index contributed by atoms with van der Waals surface area (Å²) in [6.45, 7) is 6.80. The van der Waals surface area contributed by atoms with E-state index >= 15 is 0 Å². The molecule has 3 rings (SSSR count). The molecule has 0 saturated heterocycles. The summed E-state index contributed by atoms with van der Waals surface area (Å²) in [5.41, 5.74) is 3.19. The van der Waals surface area contributed by atoms with Crippen molar-refractivity contribution >= 4 is 17.7 Å². The largest absolute Gasteiger partial charge is 0.349 e. The normalized spacial score (nSPS) is 12.0. The highest BCUT2D eigenvalue weighted by molar-refractivity contribution is 7.99. The van der Waals surface area contributed by atoms with Crippen LogP contribution in [0.3, 0.4) is 0 Å². The maximum absolute atomic E-state index is 12.3. The first-order chi connectivity index (χ1) is 13.1. The number of carbonyl (C=O) groups excluding carboxylic acids is 1. The smallest absolute Gasteiger partial charge is 0.230 e. The molecule has 0 aliphatic carbocycles. The predicted molar refractivity (Wildman–Crippen MR) is 107 cm³/mol. The molecule has 3 aromatic rings. The third-order valence-electron chi connectivity index (χ3n) is 4.20. The molecule has 1 N–H and O–H groups in total. The molecule has 1 amide bonds. The fraction of sp³-hybridized carbons (Fsp3) is 0.300. The van der Waals surface area contributed by atoms with E-state index in [9.17, 15) is 4.79 Å². The van der Waals surface area contributed by atoms with Gasteiger partial charge < -0.3 is 9.88 Å². The number of hydrogen-bond acceptors (Lipinski definition) is 5. The number of nitrogens with zero attached hydrogens (tertiary/aromatic N) is 4. The van der Waals surface area contributed by atoms with Crippen molar-refractivity contribution in [2.24, 2.45) is 0 Å². The third kappa shape index (κ3) is 4.74. The van der Waals surface area contributed by atoms with E-state index in [1.807, 2.05) is 35.8 Å². The van der Waals surface area contributed by atoms with Crippen LogP contribution in [0, 0.1) is 6.92 Å². The van der Waals surface area contributed by atoms with Gasteiger partial charge in [0.25, 0.3) is 0 Å². The second kappa shape index (κ2) is 8.81. The van der Waals surface area contributed by atoms with Gasteiger partial charge >= 0.3 is 0 Å². The van der Waals surface area contributed by atoms with Gasteiger partial charge in [-0.05, 0) is 38.5 Å². The number of aryl methyl sites for hydroxylation is 1. The van der Waals surface area contributed by atoms with Crippen LogP contribution in [0.4, 0.5) is 0 Å². The van der Waals surface area contributed by atoms with E-state index in [-0.39, 0.29) is 17.7 Å². The Morgan fingerprint density at radius 2 is 2.11 bits per heavy atom. The number of thioether (sulfide) groups is 1. The first-order valence-corrected chi connectivity index (χ1v) is 9.89. The van der Waals surface area contributed by atoms with Crippen molar-refractivity contribution in [1.29, 1.82) is 0 Å². The molecule has 7 heteroatoms. The summed E-state index contributed by atoms with van der Waals surface area (Å²) < 4.78 is 2.04.